The molecule has 0 radical (unpaired) electrons. The monoisotopic (exact) mass is 226 g/mol. The van der Waals surface area contributed by atoms with Gasteiger partial charge in [0.05, 0.1) is 9.82 Å². The van der Waals surface area contributed by atoms with Gasteiger partial charge in [0.1, 0.15) is 0 Å². The first-order chi connectivity index (χ1) is 5.91. The molecule has 8 heteroatoms. The topological polar surface area (TPSA) is 103 Å². The second-order valence-electron chi connectivity index (χ2n) is 2.30. The molecule has 0 spiro atoms. The maximum absolute atomic E-state index is 10.7. The van der Waals surface area contributed by atoms with E-state index in [1.54, 1.807) is 0 Å². The van der Waals surface area contributed by atoms with Crippen molar-refractivity contribution in [1.29, 1.82) is 0 Å². The Balaban J connectivity index is 0. The molecule has 0 aromatic heterocycles. The summed E-state index contributed by atoms with van der Waals surface area (Å²) in [4.78, 5) is 9.43. The minimum atomic E-state index is -3.77. The van der Waals surface area contributed by atoms with E-state index in [0.717, 1.165) is 24.3 Å². The number of nitrogens with zero attached hydrogens (tertiary/aromatic N) is 1. The van der Waals surface area contributed by atoms with Crippen LogP contribution in [0.3, 0.4) is 0 Å². The van der Waals surface area contributed by atoms with Crippen molar-refractivity contribution in [3.8, 4) is 0 Å². The van der Waals surface area contributed by atoms with Crippen LogP contribution in [0, 0.1) is 10.1 Å². The molecule has 0 aliphatic rings. The fourth-order valence-electron chi connectivity index (χ4n) is 0.758. The smallest absolute Gasteiger partial charge is 1.00 e. The maximum atomic E-state index is 10.7. The minimum absolute atomic E-state index is 0. The zero-order chi connectivity index (χ0) is 10.1. The van der Waals surface area contributed by atoms with Gasteiger partial charge >= 0.3 is 29.6 Å². The van der Waals surface area contributed by atoms with Crippen molar-refractivity contribution in [1.82, 2.24) is 0 Å². The van der Waals surface area contributed by atoms with Crippen LogP contribution in [0.1, 0.15) is 1.43 Å². The normalized spacial score (nSPS) is 10.4. The molecule has 1 rings (SSSR count). The van der Waals surface area contributed by atoms with E-state index in [4.69, 9.17) is 5.14 Å². The van der Waals surface area contributed by atoms with E-state index in [1.165, 1.54) is 0 Å². The Morgan fingerprint density at radius 1 is 1.29 bits per heavy atom. The molecule has 2 N–H and O–H groups in total. The summed E-state index contributed by atoms with van der Waals surface area (Å²) in [5.41, 5.74) is -0.174. The maximum Gasteiger partial charge on any atom is 1.00 e. The summed E-state index contributed by atoms with van der Waals surface area (Å²) in [5, 5.41) is 15.0. The average molecular weight is 226 g/mol. The Morgan fingerprint density at radius 3 is 2.00 bits per heavy atom. The van der Waals surface area contributed by atoms with Gasteiger partial charge in [-0.05, 0) is 12.1 Å². The van der Waals surface area contributed by atoms with Crippen LogP contribution in [0.5, 0.6) is 0 Å². The van der Waals surface area contributed by atoms with E-state index < -0.39 is 14.9 Å². The number of nitro groups is 1. The van der Waals surface area contributed by atoms with Gasteiger partial charge in [0.25, 0.3) is 5.69 Å². The molecule has 0 unspecified atom stereocenters. The molecule has 0 aliphatic carbocycles. The van der Waals surface area contributed by atoms with Gasteiger partial charge in [-0.15, -0.1) is 0 Å². The van der Waals surface area contributed by atoms with E-state index in [9.17, 15) is 18.5 Å². The Bertz CT molecular complexity index is 433. The molecular formula is C6H7N2NaO4S. The third-order valence-electron chi connectivity index (χ3n) is 1.38. The first-order valence-electron chi connectivity index (χ1n) is 3.18. The summed E-state index contributed by atoms with van der Waals surface area (Å²) in [5.74, 6) is 0. The summed E-state index contributed by atoms with van der Waals surface area (Å²) in [6.45, 7) is 0. The summed E-state index contributed by atoms with van der Waals surface area (Å²) in [7, 11) is -3.77. The Hall–Kier alpha value is -0.470. The number of benzene rings is 1. The van der Waals surface area contributed by atoms with E-state index in [2.05, 4.69) is 0 Å². The van der Waals surface area contributed by atoms with Gasteiger partial charge in [-0.25, -0.2) is 13.6 Å². The van der Waals surface area contributed by atoms with Crippen LogP contribution in [-0.2, 0) is 10.0 Å². The first-order valence-corrected chi connectivity index (χ1v) is 4.73. The van der Waals surface area contributed by atoms with Gasteiger partial charge in [-0.2, -0.15) is 0 Å². The summed E-state index contributed by atoms with van der Waals surface area (Å²) < 4.78 is 21.4. The number of non-ortho nitro benzene ring substituents is 1. The molecule has 0 atom stereocenters. The number of sulfonamides is 1. The largest absolute Gasteiger partial charge is 1.00 e. The fraction of sp³-hybridized carbons (Fsp3) is 0. The summed E-state index contributed by atoms with van der Waals surface area (Å²) >= 11 is 0. The fourth-order valence-corrected chi connectivity index (χ4v) is 1.27. The molecule has 0 aliphatic heterocycles. The summed E-state index contributed by atoms with van der Waals surface area (Å²) in [6, 6.07) is 4.35. The Labute approximate surface area is 104 Å². The molecule has 72 valence electrons. The number of hydrogen-bond acceptors (Lipinski definition) is 4. The minimum Gasteiger partial charge on any atom is -1.00 e. The molecule has 0 heterocycles. The Kier molecular flexibility index (Phi) is 4.69. The molecule has 14 heavy (non-hydrogen) atoms. The molecule has 0 amide bonds. The number of primary sulfonamides is 1. The van der Waals surface area contributed by atoms with Crippen molar-refractivity contribution < 1.29 is 44.3 Å². The van der Waals surface area contributed by atoms with Crippen LogP contribution < -0.4 is 34.7 Å². The third-order valence-corrected chi connectivity index (χ3v) is 2.31. The van der Waals surface area contributed by atoms with Crippen molar-refractivity contribution in [3.63, 3.8) is 0 Å². The Morgan fingerprint density at radius 2 is 1.71 bits per heavy atom. The van der Waals surface area contributed by atoms with Gasteiger partial charge in [0, 0.05) is 12.1 Å². The van der Waals surface area contributed by atoms with Crippen molar-refractivity contribution in [3.05, 3.63) is 34.4 Å². The average Bonchev–Trinajstić information content (AvgIpc) is 2.03. The van der Waals surface area contributed by atoms with Gasteiger partial charge in [0.2, 0.25) is 10.0 Å². The van der Waals surface area contributed by atoms with Crippen molar-refractivity contribution in [2.45, 2.75) is 4.90 Å². The van der Waals surface area contributed by atoms with Crippen LogP contribution in [0.15, 0.2) is 29.2 Å². The first kappa shape index (κ1) is 13.5. The van der Waals surface area contributed by atoms with Crippen LogP contribution in [0.2, 0.25) is 0 Å². The van der Waals surface area contributed by atoms with E-state index in [1.807, 2.05) is 0 Å². The molecule has 0 saturated heterocycles. The van der Waals surface area contributed by atoms with Gasteiger partial charge in [0.15, 0.2) is 0 Å². The van der Waals surface area contributed by atoms with Crippen molar-refractivity contribution in [2.24, 2.45) is 5.14 Å². The zero-order valence-corrected chi connectivity index (χ0v) is 10.2. The molecule has 1 aromatic rings. The zero-order valence-electron chi connectivity index (χ0n) is 8.38. The number of rotatable bonds is 2. The molecule has 1 aromatic carbocycles. The number of nitrogens with two attached hydrogens (primary N) is 1. The number of nitro benzene ring substituents is 1. The predicted molar refractivity (Wildman–Crippen MR) is 45.6 cm³/mol. The van der Waals surface area contributed by atoms with Crippen LogP contribution in [-0.4, -0.2) is 13.3 Å². The third kappa shape index (κ3) is 3.35. The van der Waals surface area contributed by atoms with Crippen molar-refractivity contribution in [2.75, 3.05) is 0 Å². The van der Waals surface area contributed by atoms with Crippen LogP contribution >= 0.6 is 0 Å². The molecular weight excluding hydrogens is 219 g/mol. The SMILES string of the molecule is NS(=O)(=O)c1ccc([N+](=O)[O-])cc1.[H-].[Na+]. The molecule has 0 fully saturated rings. The standard InChI is InChI=1S/C6H6N2O4S.Na.H/c7-13(11,12)6-3-1-5(2-4-6)8(9)10;;/h1-4H,(H2,7,11,12);;/q;+1;-1. The van der Waals surface area contributed by atoms with Gasteiger partial charge in [-0.1, -0.05) is 0 Å². The van der Waals surface area contributed by atoms with E-state index in [-0.39, 0.29) is 41.6 Å². The summed E-state index contributed by atoms with van der Waals surface area (Å²) in [6.07, 6.45) is 0. The molecule has 6 nitrogen and oxygen atoms in total. The van der Waals surface area contributed by atoms with Crippen LogP contribution in [0.25, 0.3) is 0 Å². The predicted octanol–water partition coefficient (Wildman–Crippen LogP) is -2.64. The second kappa shape index (κ2) is 4.85. The van der Waals surface area contributed by atoms with E-state index in [0.29, 0.717) is 0 Å². The second-order valence-corrected chi connectivity index (χ2v) is 3.86. The van der Waals surface area contributed by atoms with E-state index >= 15 is 0 Å². The number of hydrogen-bond donors (Lipinski definition) is 1. The molecule has 0 bridgehead atoms. The van der Waals surface area contributed by atoms with Crippen LogP contribution in [0.4, 0.5) is 5.69 Å². The van der Waals surface area contributed by atoms with Crippen molar-refractivity contribution >= 4 is 15.7 Å². The quantitative estimate of drug-likeness (QED) is 0.338. The van der Waals surface area contributed by atoms with Gasteiger partial charge < -0.3 is 1.43 Å². The molecule has 0 saturated carbocycles. The van der Waals surface area contributed by atoms with Gasteiger partial charge in [-0.3, -0.25) is 10.1 Å².